The Morgan fingerprint density at radius 3 is 3.27 bits per heavy atom. The van der Waals surface area contributed by atoms with Crippen LogP contribution in [0, 0.1) is 12.5 Å². The van der Waals surface area contributed by atoms with Crippen molar-refractivity contribution in [3.63, 3.8) is 0 Å². The molecule has 2 heteroatoms. The fourth-order valence-electron chi connectivity index (χ4n) is 3.50. The lowest BCUT2D eigenvalue weighted by molar-refractivity contribution is -0.972. The Morgan fingerprint density at radius 1 is 1.45 bits per heavy atom. The average Bonchev–Trinajstić information content (AvgIpc) is 2.56. The van der Waals surface area contributed by atoms with E-state index in [4.69, 9.17) is 4.74 Å². The number of ether oxygens (including phenoxy) is 1. The Kier molecular flexibility index (Phi) is 1.06. The third-order valence-electron chi connectivity index (χ3n) is 4.07. The average molecular weight is 153 g/mol. The van der Waals surface area contributed by atoms with Gasteiger partial charge in [0.25, 0.3) is 0 Å². The summed E-state index contributed by atoms with van der Waals surface area (Å²) >= 11 is 0. The summed E-state index contributed by atoms with van der Waals surface area (Å²) < 4.78 is 5.55. The second kappa shape index (κ2) is 1.80. The molecule has 11 heavy (non-hydrogen) atoms. The van der Waals surface area contributed by atoms with Crippen LogP contribution in [-0.4, -0.2) is 25.3 Å². The second-order valence-electron chi connectivity index (χ2n) is 4.32. The maximum absolute atomic E-state index is 5.55. The van der Waals surface area contributed by atoms with Gasteiger partial charge in [0.05, 0.1) is 24.7 Å². The highest BCUT2D eigenvalue weighted by molar-refractivity contribution is 5.06. The third-order valence-corrected chi connectivity index (χ3v) is 4.07. The molecule has 1 saturated carbocycles. The van der Waals surface area contributed by atoms with E-state index in [1.165, 1.54) is 24.2 Å². The van der Waals surface area contributed by atoms with E-state index in [2.05, 4.69) is 7.05 Å². The van der Waals surface area contributed by atoms with Gasteiger partial charge in [-0.1, -0.05) is 0 Å². The predicted octanol–water partition coefficient (Wildman–Crippen LogP) is -0.386. The normalized spacial score (nSPS) is 60.3. The molecule has 0 aromatic rings. The Balaban J connectivity index is 1.95. The SMILES string of the molecule is [CH2-][NH+]1C2CCCC23COCC13. The molecule has 0 aromatic carbocycles. The lowest BCUT2D eigenvalue weighted by Crippen LogP contribution is -3.26. The predicted molar refractivity (Wildman–Crippen MR) is 41.0 cm³/mol. The Morgan fingerprint density at radius 2 is 2.36 bits per heavy atom. The number of hydrogen-bond acceptors (Lipinski definition) is 1. The molecule has 0 radical (unpaired) electrons. The van der Waals surface area contributed by atoms with Gasteiger partial charge in [0.2, 0.25) is 0 Å². The molecule has 2 nitrogen and oxygen atoms in total. The lowest BCUT2D eigenvalue weighted by Gasteiger charge is -2.55. The fraction of sp³-hybridized carbons (Fsp3) is 0.889. The standard InChI is InChI=1S/C9H15NO/c1-10-7-3-2-4-9(7)6-11-5-8(9)10/h7-8,10H,1-6H2. The molecule has 0 amide bonds. The van der Waals surface area contributed by atoms with E-state index in [1.807, 2.05) is 0 Å². The summed E-state index contributed by atoms with van der Waals surface area (Å²) in [5.41, 5.74) is 0.594. The van der Waals surface area contributed by atoms with Crippen molar-refractivity contribution in [2.75, 3.05) is 13.2 Å². The molecule has 3 rings (SSSR count). The largest absolute Gasteiger partial charge is 0.460 e. The maximum atomic E-state index is 5.55. The van der Waals surface area contributed by atoms with Gasteiger partial charge in [-0.3, -0.25) is 0 Å². The highest BCUT2D eigenvalue weighted by atomic mass is 16.5. The Bertz CT molecular complexity index is 172. The molecular formula is C9H15NO. The van der Waals surface area contributed by atoms with Crippen LogP contribution < -0.4 is 4.90 Å². The van der Waals surface area contributed by atoms with Crippen molar-refractivity contribution in [3.05, 3.63) is 7.05 Å². The summed E-state index contributed by atoms with van der Waals surface area (Å²) in [5, 5.41) is 0. The zero-order valence-electron chi connectivity index (χ0n) is 6.81. The van der Waals surface area contributed by atoms with E-state index in [1.54, 1.807) is 0 Å². The molecule has 3 fully saturated rings. The minimum atomic E-state index is 0.594. The second-order valence-corrected chi connectivity index (χ2v) is 4.32. The molecule has 4 atom stereocenters. The Labute approximate surface area is 67.5 Å². The molecule has 1 N–H and O–H groups in total. The zero-order chi connectivity index (χ0) is 7.47. The van der Waals surface area contributed by atoms with Gasteiger partial charge < -0.3 is 9.64 Å². The molecular weight excluding hydrogens is 138 g/mol. The van der Waals surface area contributed by atoms with E-state index < -0.39 is 0 Å². The minimum Gasteiger partial charge on any atom is -0.460 e. The van der Waals surface area contributed by atoms with Crippen LogP contribution >= 0.6 is 0 Å². The van der Waals surface area contributed by atoms with Crippen molar-refractivity contribution in [3.8, 4) is 0 Å². The highest BCUT2D eigenvalue weighted by Gasteiger charge is 2.66. The van der Waals surface area contributed by atoms with Gasteiger partial charge in [0.1, 0.15) is 6.04 Å². The molecule has 2 aliphatic heterocycles. The highest BCUT2D eigenvalue weighted by Crippen LogP contribution is 2.47. The van der Waals surface area contributed by atoms with E-state index in [0.717, 1.165) is 25.3 Å². The van der Waals surface area contributed by atoms with Crippen molar-refractivity contribution in [2.45, 2.75) is 31.3 Å². The van der Waals surface area contributed by atoms with E-state index >= 15 is 0 Å². The van der Waals surface area contributed by atoms with Crippen molar-refractivity contribution in [1.82, 2.24) is 0 Å². The van der Waals surface area contributed by atoms with Crippen LogP contribution in [0.15, 0.2) is 0 Å². The molecule has 1 aliphatic carbocycles. The first-order valence-electron chi connectivity index (χ1n) is 4.61. The first-order valence-corrected chi connectivity index (χ1v) is 4.61. The molecule has 1 spiro atoms. The number of likely N-dealkylation sites (tertiary alicyclic amines) is 1. The number of rotatable bonds is 0. The number of nitrogens with one attached hydrogen (secondary N) is 1. The topological polar surface area (TPSA) is 13.7 Å². The number of hydrogen-bond donors (Lipinski definition) is 1. The van der Waals surface area contributed by atoms with E-state index in [0.29, 0.717) is 5.41 Å². The molecule has 62 valence electrons. The van der Waals surface area contributed by atoms with Crippen LogP contribution in [0.4, 0.5) is 0 Å². The summed E-state index contributed by atoms with van der Waals surface area (Å²) in [6.07, 6.45) is 4.20. The van der Waals surface area contributed by atoms with E-state index in [-0.39, 0.29) is 0 Å². The monoisotopic (exact) mass is 153 g/mol. The van der Waals surface area contributed by atoms with Crippen molar-refractivity contribution in [1.29, 1.82) is 0 Å². The van der Waals surface area contributed by atoms with Gasteiger partial charge >= 0.3 is 0 Å². The maximum Gasteiger partial charge on any atom is 0.101 e. The third kappa shape index (κ3) is 0.541. The zero-order valence-corrected chi connectivity index (χ0v) is 6.81. The molecule has 2 saturated heterocycles. The summed E-state index contributed by atoms with van der Waals surface area (Å²) in [5.74, 6) is 0. The van der Waals surface area contributed by atoms with Crippen LogP contribution in [0.1, 0.15) is 19.3 Å². The molecule has 0 aromatic heterocycles. The summed E-state index contributed by atoms with van der Waals surface area (Å²) in [6.45, 7) is 2.00. The van der Waals surface area contributed by atoms with Crippen molar-refractivity contribution in [2.24, 2.45) is 5.41 Å². The van der Waals surface area contributed by atoms with Gasteiger partial charge in [-0.05, 0) is 19.3 Å². The fourth-order valence-corrected chi connectivity index (χ4v) is 3.50. The van der Waals surface area contributed by atoms with Crippen LogP contribution in [0.2, 0.25) is 0 Å². The smallest absolute Gasteiger partial charge is 0.101 e. The van der Waals surface area contributed by atoms with Gasteiger partial charge in [-0.25, -0.2) is 0 Å². The molecule has 0 bridgehead atoms. The van der Waals surface area contributed by atoms with Gasteiger partial charge in [-0.15, -0.1) is 0 Å². The minimum absolute atomic E-state index is 0.594. The van der Waals surface area contributed by atoms with Gasteiger partial charge in [0.15, 0.2) is 0 Å². The van der Waals surface area contributed by atoms with Crippen molar-refractivity contribution < 1.29 is 9.64 Å². The quantitative estimate of drug-likeness (QED) is 0.468. The summed E-state index contributed by atoms with van der Waals surface area (Å²) in [7, 11) is 4.16. The summed E-state index contributed by atoms with van der Waals surface area (Å²) in [6, 6.07) is 1.59. The first-order chi connectivity index (χ1) is 5.34. The van der Waals surface area contributed by atoms with Crippen LogP contribution in [0.3, 0.4) is 0 Å². The number of quaternary nitrogens is 1. The van der Waals surface area contributed by atoms with Crippen molar-refractivity contribution >= 4 is 0 Å². The first kappa shape index (κ1) is 6.44. The summed E-state index contributed by atoms with van der Waals surface area (Å²) in [4.78, 5) is 1.50. The molecule has 2 heterocycles. The van der Waals surface area contributed by atoms with Gasteiger partial charge in [-0.2, -0.15) is 7.05 Å². The van der Waals surface area contributed by atoms with Crippen LogP contribution in [0.5, 0.6) is 0 Å². The molecule has 3 aliphatic rings. The Hall–Kier alpha value is -0.0800. The van der Waals surface area contributed by atoms with Crippen LogP contribution in [0.25, 0.3) is 0 Å². The van der Waals surface area contributed by atoms with E-state index in [9.17, 15) is 0 Å². The van der Waals surface area contributed by atoms with Crippen LogP contribution in [-0.2, 0) is 4.74 Å². The lowest BCUT2D eigenvalue weighted by atomic mass is 9.69. The molecule has 4 unspecified atom stereocenters. The van der Waals surface area contributed by atoms with Gasteiger partial charge in [0, 0.05) is 0 Å².